The summed E-state index contributed by atoms with van der Waals surface area (Å²) in [5, 5.41) is 0.730. The average molecular weight is 489 g/mol. The Morgan fingerprint density at radius 3 is 2.12 bits per heavy atom. The van der Waals surface area contributed by atoms with E-state index in [0.717, 1.165) is 5.75 Å². The maximum atomic E-state index is 12.3. The van der Waals surface area contributed by atoms with E-state index in [2.05, 4.69) is 10.9 Å². The number of ether oxygens (including phenoxy) is 3. The third-order valence-electron chi connectivity index (χ3n) is 4.35. The molecule has 0 aromatic heterocycles. The van der Waals surface area contributed by atoms with Crippen molar-refractivity contribution in [1.82, 2.24) is 10.9 Å². The number of hydrogen-bond acceptors (Lipinski definition) is 5. The first-order chi connectivity index (χ1) is 15.9. The van der Waals surface area contributed by atoms with Crippen molar-refractivity contribution in [1.29, 1.82) is 0 Å². The van der Waals surface area contributed by atoms with Gasteiger partial charge in [-0.2, -0.15) is 0 Å². The largest absolute Gasteiger partial charge is 0.490 e. The summed E-state index contributed by atoms with van der Waals surface area (Å²) in [5.41, 5.74) is 5.01. The van der Waals surface area contributed by atoms with E-state index in [1.807, 2.05) is 30.3 Å². The summed E-state index contributed by atoms with van der Waals surface area (Å²) < 4.78 is 16.7. The molecule has 0 aliphatic rings. The topological polar surface area (TPSA) is 85.9 Å². The molecule has 0 saturated carbocycles. The zero-order chi connectivity index (χ0) is 23.6. The van der Waals surface area contributed by atoms with Crippen molar-refractivity contribution in [2.75, 3.05) is 13.2 Å². The molecule has 0 saturated heterocycles. The van der Waals surface area contributed by atoms with E-state index in [1.165, 1.54) is 13.0 Å². The fourth-order valence-electron chi connectivity index (χ4n) is 2.65. The molecule has 0 heterocycles. The highest BCUT2D eigenvalue weighted by Crippen LogP contribution is 2.28. The van der Waals surface area contributed by atoms with Crippen molar-refractivity contribution in [2.24, 2.45) is 0 Å². The van der Waals surface area contributed by atoms with E-state index in [-0.39, 0.29) is 5.02 Å². The Kier molecular flexibility index (Phi) is 8.80. The lowest BCUT2D eigenvalue weighted by Gasteiger charge is -2.16. The molecule has 3 aromatic carbocycles. The average Bonchev–Trinajstić information content (AvgIpc) is 2.83. The minimum atomic E-state index is -0.905. The maximum Gasteiger partial charge on any atom is 0.279 e. The molecule has 3 aromatic rings. The Bertz CT molecular complexity index is 1080. The van der Waals surface area contributed by atoms with E-state index in [0.29, 0.717) is 35.3 Å². The molecule has 0 radical (unpaired) electrons. The van der Waals surface area contributed by atoms with Crippen LogP contribution in [0.5, 0.6) is 17.2 Å². The Morgan fingerprint density at radius 1 is 0.848 bits per heavy atom. The van der Waals surface area contributed by atoms with Gasteiger partial charge in [-0.1, -0.05) is 41.4 Å². The lowest BCUT2D eigenvalue weighted by Crippen LogP contribution is -2.47. The fourth-order valence-corrected chi connectivity index (χ4v) is 3.10. The molecule has 1 atom stereocenters. The van der Waals surface area contributed by atoms with Gasteiger partial charge in [-0.05, 0) is 61.5 Å². The summed E-state index contributed by atoms with van der Waals surface area (Å²) in [6.07, 6.45) is -0.905. The Hall–Kier alpha value is -3.42. The Balaban J connectivity index is 1.40. The molecule has 1 unspecified atom stereocenters. The Morgan fingerprint density at radius 2 is 1.48 bits per heavy atom. The van der Waals surface area contributed by atoms with Gasteiger partial charge in [0.1, 0.15) is 30.5 Å². The molecule has 0 fully saturated rings. The molecule has 7 nitrogen and oxygen atoms in total. The summed E-state index contributed by atoms with van der Waals surface area (Å²) >= 11 is 11.9. The third kappa shape index (κ3) is 7.59. The number of hydrazine groups is 1. The number of para-hydroxylation sites is 1. The highest BCUT2D eigenvalue weighted by molar-refractivity contribution is 6.35. The minimum absolute atomic E-state index is 0.278. The van der Waals surface area contributed by atoms with Crippen molar-refractivity contribution in [2.45, 2.75) is 13.0 Å². The number of hydrogen-bond donors (Lipinski definition) is 2. The maximum absolute atomic E-state index is 12.3. The molecule has 3 rings (SSSR count). The second kappa shape index (κ2) is 12.0. The lowest BCUT2D eigenvalue weighted by molar-refractivity contribution is -0.128. The highest BCUT2D eigenvalue weighted by atomic mass is 35.5. The quantitative estimate of drug-likeness (QED) is 0.337. The molecular weight excluding hydrogens is 467 g/mol. The van der Waals surface area contributed by atoms with Crippen LogP contribution in [0.15, 0.2) is 72.8 Å². The third-order valence-corrected chi connectivity index (χ3v) is 4.88. The number of halogens is 2. The van der Waals surface area contributed by atoms with Crippen LogP contribution in [-0.2, 0) is 4.79 Å². The molecule has 0 spiro atoms. The van der Waals surface area contributed by atoms with Crippen molar-refractivity contribution in [3.05, 3.63) is 88.4 Å². The standard InChI is InChI=1S/C24H22Cl2N2O5/c1-16(33-22-12-9-18(25)15-21(22)26)23(29)27-28-24(30)17-7-10-20(11-8-17)32-14-13-31-19-5-3-2-4-6-19/h2-12,15-16H,13-14H2,1H3,(H,27,29)(H,28,30). The van der Waals surface area contributed by atoms with Crippen LogP contribution in [0.25, 0.3) is 0 Å². The number of carbonyl (C=O) groups excluding carboxylic acids is 2. The number of carbonyl (C=O) groups is 2. The van der Waals surface area contributed by atoms with Gasteiger partial charge in [0.25, 0.3) is 11.8 Å². The van der Waals surface area contributed by atoms with Gasteiger partial charge in [-0.3, -0.25) is 20.4 Å². The van der Waals surface area contributed by atoms with Gasteiger partial charge in [0.05, 0.1) is 5.02 Å². The van der Waals surface area contributed by atoms with E-state index < -0.39 is 17.9 Å². The van der Waals surface area contributed by atoms with E-state index >= 15 is 0 Å². The molecule has 0 aliphatic heterocycles. The van der Waals surface area contributed by atoms with Crippen LogP contribution in [0.2, 0.25) is 10.0 Å². The van der Waals surface area contributed by atoms with Gasteiger partial charge in [0.15, 0.2) is 6.10 Å². The highest BCUT2D eigenvalue weighted by Gasteiger charge is 2.17. The second-order valence-corrected chi connectivity index (χ2v) is 7.66. The molecule has 33 heavy (non-hydrogen) atoms. The lowest BCUT2D eigenvalue weighted by atomic mass is 10.2. The zero-order valence-corrected chi connectivity index (χ0v) is 19.2. The van der Waals surface area contributed by atoms with Crippen molar-refractivity contribution in [3.63, 3.8) is 0 Å². The first kappa shape index (κ1) is 24.2. The number of nitrogens with one attached hydrogen (secondary N) is 2. The number of rotatable bonds is 9. The van der Waals surface area contributed by atoms with Gasteiger partial charge in [0.2, 0.25) is 0 Å². The van der Waals surface area contributed by atoms with E-state index in [4.69, 9.17) is 37.4 Å². The number of amides is 2. The Labute approximate surface area is 201 Å². The first-order valence-corrected chi connectivity index (χ1v) is 10.8. The van der Waals surface area contributed by atoms with Gasteiger partial charge >= 0.3 is 0 Å². The van der Waals surface area contributed by atoms with Crippen LogP contribution in [0.3, 0.4) is 0 Å². The normalized spacial score (nSPS) is 11.2. The van der Waals surface area contributed by atoms with Crippen molar-refractivity contribution < 1.29 is 23.8 Å². The van der Waals surface area contributed by atoms with E-state index in [9.17, 15) is 9.59 Å². The predicted octanol–water partition coefficient (Wildman–Crippen LogP) is 4.68. The molecular formula is C24H22Cl2N2O5. The van der Waals surface area contributed by atoms with Gasteiger partial charge in [-0.15, -0.1) is 0 Å². The summed E-state index contributed by atoms with van der Waals surface area (Å²) in [4.78, 5) is 24.5. The smallest absolute Gasteiger partial charge is 0.279 e. The van der Waals surface area contributed by atoms with Crippen LogP contribution >= 0.6 is 23.2 Å². The monoisotopic (exact) mass is 488 g/mol. The zero-order valence-electron chi connectivity index (χ0n) is 17.7. The molecule has 0 aliphatic carbocycles. The van der Waals surface area contributed by atoms with Crippen molar-refractivity contribution in [3.8, 4) is 17.2 Å². The molecule has 9 heteroatoms. The molecule has 0 bridgehead atoms. The van der Waals surface area contributed by atoms with Crippen LogP contribution < -0.4 is 25.1 Å². The summed E-state index contributed by atoms with van der Waals surface area (Å²) in [6, 6.07) is 20.6. The van der Waals surface area contributed by atoms with Crippen LogP contribution in [0.1, 0.15) is 17.3 Å². The molecule has 172 valence electrons. The summed E-state index contributed by atoms with van der Waals surface area (Å²) in [6.45, 7) is 2.27. The number of benzene rings is 3. The molecule has 2 amide bonds. The SMILES string of the molecule is CC(Oc1ccc(Cl)cc1Cl)C(=O)NNC(=O)c1ccc(OCCOc2ccccc2)cc1. The van der Waals surface area contributed by atoms with E-state index in [1.54, 1.807) is 36.4 Å². The predicted molar refractivity (Wildman–Crippen MR) is 126 cm³/mol. The minimum Gasteiger partial charge on any atom is -0.490 e. The van der Waals surface area contributed by atoms with Crippen LogP contribution in [0.4, 0.5) is 0 Å². The first-order valence-electron chi connectivity index (χ1n) is 10.0. The second-order valence-electron chi connectivity index (χ2n) is 6.81. The van der Waals surface area contributed by atoms with Crippen LogP contribution in [0, 0.1) is 0 Å². The summed E-state index contributed by atoms with van der Waals surface area (Å²) in [5.74, 6) is 0.631. The van der Waals surface area contributed by atoms with Crippen molar-refractivity contribution >= 4 is 35.0 Å². The summed E-state index contributed by atoms with van der Waals surface area (Å²) in [7, 11) is 0. The van der Waals surface area contributed by atoms with Crippen LogP contribution in [-0.4, -0.2) is 31.1 Å². The fraction of sp³-hybridized carbons (Fsp3) is 0.167. The van der Waals surface area contributed by atoms with Gasteiger partial charge in [-0.25, -0.2) is 0 Å². The van der Waals surface area contributed by atoms with Gasteiger partial charge in [0, 0.05) is 10.6 Å². The molecule has 2 N–H and O–H groups in total. The van der Waals surface area contributed by atoms with Gasteiger partial charge < -0.3 is 14.2 Å².